The Bertz CT molecular complexity index is 742. The second kappa shape index (κ2) is 8.42. The molecule has 134 valence electrons. The monoisotopic (exact) mass is 342 g/mol. The van der Waals surface area contributed by atoms with Crippen molar-refractivity contribution in [2.24, 2.45) is 0 Å². The van der Waals surface area contributed by atoms with Crippen LogP contribution in [0.2, 0.25) is 0 Å². The average Bonchev–Trinajstić information content (AvgIpc) is 2.60. The molecule has 0 saturated heterocycles. The van der Waals surface area contributed by atoms with Gasteiger partial charge in [0.2, 0.25) is 5.91 Å². The van der Waals surface area contributed by atoms with Gasteiger partial charge in [0, 0.05) is 11.8 Å². The Morgan fingerprint density at radius 1 is 1.12 bits per heavy atom. The third-order valence-corrected chi connectivity index (χ3v) is 4.03. The molecular formula is C20H26N2O3. The van der Waals surface area contributed by atoms with Crippen molar-refractivity contribution < 1.29 is 14.3 Å². The molecule has 2 aromatic rings. The number of hydrogen-bond donors (Lipinski definition) is 2. The van der Waals surface area contributed by atoms with E-state index in [0.717, 1.165) is 11.3 Å². The summed E-state index contributed by atoms with van der Waals surface area (Å²) in [5, 5.41) is 6.13. The summed E-state index contributed by atoms with van der Waals surface area (Å²) in [5.74, 6) is 1.48. The van der Waals surface area contributed by atoms with E-state index < -0.39 is 0 Å². The number of carbonyl (C=O) groups excluding carboxylic acids is 1. The maximum absolute atomic E-state index is 12.4. The van der Waals surface area contributed by atoms with Crippen LogP contribution in [0, 0.1) is 6.92 Å². The molecule has 0 radical (unpaired) electrons. The van der Waals surface area contributed by atoms with E-state index in [4.69, 9.17) is 9.47 Å². The Hall–Kier alpha value is -2.69. The average molecular weight is 342 g/mol. The van der Waals surface area contributed by atoms with E-state index in [9.17, 15) is 4.79 Å². The van der Waals surface area contributed by atoms with Crippen molar-refractivity contribution >= 4 is 17.3 Å². The molecule has 0 unspecified atom stereocenters. The Morgan fingerprint density at radius 2 is 1.88 bits per heavy atom. The first-order chi connectivity index (χ1) is 12.0. The fraction of sp³-hybridized carbons (Fsp3) is 0.350. The zero-order valence-electron chi connectivity index (χ0n) is 15.5. The third-order valence-electron chi connectivity index (χ3n) is 4.03. The van der Waals surface area contributed by atoms with E-state index in [-0.39, 0.29) is 12.5 Å². The number of benzene rings is 2. The van der Waals surface area contributed by atoms with Gasteiger partial charge in [-0.15, -0.1) is 0 Å². The number of nitrogens with one attached hydrogen (secondary N) is 2. The van der Waals surface area contributed by atoms with Crippen LogP contribution in [0.5, 0.6) is 11.5 Å². The number of ether oxygens (including phenoxy) is 2. The van der Waals surface area contributed by atoms with Crippen molar-refractivity contribution in [1.82, 2.24) is 0 Å². The summed E-state index contributed by atoms with van der Waals surface area (Å²) >= 11 is 0. The number of para-hydroxylation sites is 1. The molecule has 0 fully saturated rings. The minimum absolute atomic E-state index is 0.149. The molecule has 0 aliphatic heterocycles. The fourth-order valence-electron chi connectivity index (χ4n) is 2.69. The maximum Gasteiger partial charge on any atom is 0.243 e. The Labute approximate surface area is 149 Å². The fourth-order valence-corrected chi connectivity index (χ4v) is 2.69. The van der Waals surface area contributed by atoms with Crippen LogP contribution in [0.3, 0.4) is 0 Å². The van der Waals surface area contributed by atoms with Crippen LogP contribution < -0.4 is 20.1 Å². The Kier molecular flexibility index (Phi) is 6.28. The molecule has 1 amide bonds. The van der Waals surface area contributed by atoms with E-state index in [1.54, 1.807) is 32.4 Å². The van der Waals surface area contributed by atoms with Gasteiger partial charge >= 0.3 is 0 Å². The van der Waals surface area contributed by atoms with Gasteiger partial charge in [0.1, 0.15) is 11.5 Å². The SMILES string of the molecule is COc1ccc(OC)c(NC(=O)CNc2c(C)cccc2C(C)C)c1. The second-order valence-electron chi connectivity index (χ2n) is 6.16. The first kappa shape index (κ1) is 18.6. The lowest BCUT2D eigenvalue weighted by Crippen LogP contribution is -2.23. The summed E-state index contributed by atoms with van der Waals surface area (Å²) in [6.45, 7) is 6.49. The van der Waals surface area contributed by atoms with Gasteiger partial charge in [0.05, 0.1) is 26.5 Å². The van der Waals surface area contributed by atoms with Crippen LogP contribution in [0.4, 0.5) is 11.4 Å². The van der Waals surface area contributed by atoms with Gasteiger partial charge in [-0.05, 0) is 36.1 Å². The van der Waals surface area contributed by atoms with Gasteiger partial charge in [0.25, 0.3) is 0 Å². The predicted molar refractivity (Wildman–Crippen MR) is 102 cm³/mol. The van der Waals surface area contributed by atoms with Gasteiger partial charge in [0.15, 0.2) is 0 Å². The lowest BCUT2D eigenvalue weighted by atomic mass is 9.98. The highest BCUT2D eigenvalue weighted by Crippen LogP contribution is 2.29. The minimum atomic E-state index is -0.149. The topological polar surface area (TPSA) is 59.6 Å². The van der Waals surface area contributed by atoms with E-state index in [1.807, 2.05) is 19.1 Å². The molecule has 0 aromatic heterocycles. The molecule has 0 heterocycles. The van der Waals surface area contributed by atoms with Gasteiger partial charge in [-0.25, -0.2) is 0 Å². The van der Waals surface area contributed by atoms with Crippen molar-refractivity contribution in [3.8, 4) is 11.5 Å². The Morgan fingerprint density at radius 3 is 2.52 bits per heavy atom. The summed E-state index contributed by atoms with van der Waals surface area (Å²) in [7, 11) is 3.15. The first-order valence-corrected chi connectivity index (χ1v) is 8.31. The highest BCUT2D eigenvalue weighted by Gasteiger charge is 2.12. The molecule has 2 N–H and O–H groups in total. The van der Waals surface area contributed by atoms with E-state index >= 15 is 0 Å². The molecule has 0 aliphatic carbocycles. The molecule has 5 nitrogen and oxygen atoms in total. The number of anilines is 2. The largest absolute Gasteiger partial charge is 0.497 e. The minimum Gasteiger partial charge on any atom is -0.497 e. The quantitative estimate of drug-likeness (QED) is 0.792. The summed E-state index contributed by atoms with van der Waals surface area (Å²) < 4.78 is 10.5. The zero-order chi connectivity index (χ0) is 18.4. The van der Waals surface area contributed by atoms with Crippen LogP contribution >= 0.6 is 0 Å². The van der Waals surface area contributed by atoms with Gasteiger partial charge in [-0.2, -0.15) is 0 Å². The molecule has 0 spiro atoms. The molecule has 2 aromatic carbocycles. The molecule has 2 rings (SSSR count). The van der Waals surface area contributed by atoms with E-state index in [1.165, 1.54) is 5.56 Å². The van der Waals surface area contributed by atoms with Crippen molar-refractivity contribution in [3.05, 3.63) is 47.5 Å². The number of rotatable bonds is 7. The van der Waals surface area contributed by atoms with Crippen LogP contribution in [0.1, 0.15) is 30.9 Å². The van der Waals surface area contributed by atoms with Crippen molar-refractivity contribution in [3.63, 3.8) is 0 Å². The number of hydrogen-bond acceptors (Lipinski definition) is 4. The Balaban J connectivity index is 2.10. The molecule has 0 saturated carbocycles. The number of aryl methyl sites for hydroxylation is 1. The zero-order valence-corrected chi connectivity index (χ0v) is 15.5. The highest BCUT2D eigenvalue weighted by atomic mass is 16.5. The van der Waals surface area contributed by atoms with Gasteiger partial charge < -0.3 is 20.1 Å². The van der Waals surface area contributed by atoms with Gasteiger partial charge in [-0.1, -0.05) is 32.0 Å². The molecule has 0 atom stereocenters. The number of amides is 1. The van der Waals surface area contributed by atoms with Crippen LogP contribution in [0.25, 0.3) is 0 Å². The lowest BCUT2D eigenvalue weighted by Gasteiger charge is -2.17. The summed E-state index contributed by atoms with van der Waals surface area (Å²) in [5.41, 5.74) is 3.93. The molecule has 0 aliphatic rings. The van der Waals surface area contributed by atoms with E-state index in [2.05, 4.69) is 30.5 Å². The normalized spacial score (nSPS) is 10.5. The molecule has 0 bridgehead atoms. The molecule has 5 heteroatoms. The van der Waals surface area contributed by atoms with Crippen LogP contribution in [-0.2, 0) is 4.79 Å². The van der Waals surface area contributed by atoms with E-state index in [0.29, 0.717) is 23.1 Å². The standard InChI is InChI=1S/C20H26N2O3/c1-13(2)16-8-6-7-14(3)20(16)21-12-19(23)22-17-11-15(24-4)9-10-18(17)25-5/h6-11,13,21H,12H2,1-5H3,(H,22,23). The number of carbonyl (C=O) groups is 1. The third kappa shape index (κ3) is 4.66. The summed E-state index contributed by atoms with van der Waals surface area (Å²) in [6.07, 6.45) is 0. The van der Waals surface area contributed by atoms with Crippen molar-refractivity contribution in [2.45, 2.75) is 26.7 Å². The summed E-state index contributed by atoms with van der Waals surface area (Å²) in [6, 6.07) is 11.5. The predicted octanol–water partition coefficient (Wildman–Crippen LogP) is 4.19. The van der Waals surface area contributed by atoms with Crippen LogP contribution in [0.15, 0.2) is 36.4 Å². The smallest absolute Gasteiger partial charge is 0.243 e. The first-order valence-electron chi connectivity index (χ1n) is 8.31. The van der Waals surface area contributed by atoms with Crippen LogP contribution in [-0.4, -0.2) is 26.7 Å². The van der Waals surface area contributed by atoms with Crippen molar-refractivity contribution in [1.29, 1.82) is 0 Å². The summed E-state index contributed by atoms with van der Waals surface area (Å²) in [4.78, 5) is 12.4. The molecular weight excluding hydrogens is 316 g/mol. The van der Waals surface area contributed by atoms with Crippen molar-refractivity contribution in [2.75, 3.05) is 31.4 Å². The maximum atomic E-state index is 12.4. The molecule has 25 heavy (non-hydrogen) atoms. The highest BCUT2D eigenvalue weighted by molar-refractivity contribution is 5.95. The number of methoxy groups -OCH3 is 2. The lowest BCUT2D eigenvalue weighted by molar-refractivity contribution is -0.114. The van der Waals surface area contributed by atoms with Gasteiger partial charge in [-0.3, -0.25) is 4.79 Å². The second-order valence-corrected chi connectivity index (χ2v) is 6.16.